The van der Waals surface area contributed by atoms with Crippen molar-refractivity contribution in [2.75, 3.05) is 11.4 Å². The minimum Gasteiger partial charge on any atom is -0.478 e. The van der Waals surface area contributed by atoms with Gasteiger partial charge in [-0.3, -0.25) is 0 Å². The van der Waals surface area contributed by atoms with Crippen LogP contribution in [-0.4, -0.2) is 17.6 Å². The fraction of sp³-hybridized carbons (Fsp3) is 0.0870. The SMILES string of the molecule is O=C(O)c1ccccc1N(CC#Cc1ccccc1)Cc1ccccc1. The molecular weight excluding hydrogens is 322 g/mol. The number of hydrogen-bond donors (Lipinski definition) is 1. The average Bonchev–Trinajstić information content (AvgIpc) is 2.69. The Morgan fingerprint density at radius 1 is 0.846 bits per heavy atom. The number of para-hydroxylation sites is 1. The van der Waals surface area contributed by atoms with Crippen molar-refractivity contribution in [1.29, 1.82) is 0 Å². The maximum Gasteiger partial charge on any atom is 0.337 e. The summed E-state index contributed by atoms with van der Waals surface area (Å²) >= 11 is 0. The van der Waals surface area contributed by atoms with E-state index in [9.17, 15) is 9.90 Å². The summed E-state index contributed by atoms with van der Waals surface area (Å²) in [4.78, 5) is 13.6. The van der Waals surface area contributed by atoms with Gasteiger partial charge < -0.3 is 10.0 Å². The van der Waals surface area contributed by atoms with Crippen LogP contribution in [0.3, 0.4) is 0 Å². The standard InChI is InChI=1S/C23H19NO2/c25-23(26)21-15-7-8-16-22(21)24(18-20-12-5-2-6-13-20)17-9-14-19-10-3-1-4-11-19/h1-8,10-13,15-16H,17-18H2,(H,25,26). The van der Waals surface area contributed by atoms with E-state index in [4.69, 9.17) is 0 Å². The highest BCUT2D eigenvalue weighted by Crippen LogP contribution is 2.22. The van der Waals surface area contributed by atoms with Gasteiger partial charge in [0.1, 0.15) is 0 Å². The van der Waals surface area contributed by atoms with Crippen LogP contribution in [0.5, 0.6) is 0 Å². The van der Waals surface area contributed by atoms with Gasteiger partial charge in [-0.05, 0) is 29.8 Å². The van der Waals surface area contributed by atoms with Crippen LogP contribution in [0.1, 0.15) is 21.5 Å². The van der Waals surface area contributed by atoms with E-state index in [0.717, 1.165) is 11.1 Å². The first-order chi connectivity index (χ1) is 12.7. The predicted octanol–water partition coefficient (Wildman–Crippen LogP) is 4.44. The Bertz CT molecular complexity index is 924. The lowest BCUT2D eigenvalue weighted by molar-refractivity contribution is 0.0697. The molecule has 3 aromatic carbocycles. The smallest absolute Gasteiger partial charge is 0.337 e. The summed E-state index contributed by atoms with van der Waals surface area (Å²) in [7, 11) is 0. The lowest BCUT2D eigenvalue weighted by Crippen LogP contribution is -2.25. The molecule has 3 rings (SSSR count). The lowest BCUT2D eigenvalue weighted by atomic mass is 10.1. The molecule has 128 valence electrons. The number of hydrogen-bond acceptors (Lipinski definition) is 2. The molecule has 0 fully saturated rings. The van der Waals surface area contributed by atoms with E-state index in [1.807, 2.05) is 77.7 Å². The number of carboxylic acids is 1. The summed E-state index contributed by atoms with van der Waals surface area (Å²) in [6, 6.07) is 26.8. The van der Waals surface area contributed by atoms with Crippen molar-refractivity contribution in [1.82, 2.24) is 0 Å². The van der Waals surface area contributed by atoms with Crippen LogP contribution in [0, 0.1) is 11.8 Å². The molecule has 0 spiro atoms. The van der Waals surface area contributed by atoms with Crippen LogP contribution in [0.15, 0.2) is 84.9 Å². The zero-order valence-corrected chi connectivity index (χ0v) is 14.3. The monoisotopic (exact) mass is 341 g/mol. The quantitative estimate of drug-likeness (QED) is 0.697. The molecule has 0 amide bonds. The molecule has 3 heteroatoms. The number of rotatable bonds is 5. The molecule has 0 heterocycles. The Morgan fingerprint density at radius 2 is 1.46 bits per heavy atom. The largest absolute Gasteiger partial charge is 0.478 e. The van der Waals surface area contributed by atoms with E-state index in [0.29, 0.717) is 18.8 Å². The summed E-state index contributed by atoms with van der Waals surface area (Å²) < 4.78 is 0. The highest BCUT2D eigenvalue weighted by Gasteiger charge is 2.15. The summed E-state index contributed by atoms with van der Waals surface area (Å²) in [5, 5.41) is 9.52. The molecule has 0 bridgehead atoms. The Morgan fingerprint density at radius 3 is 2.15 bits per heavy atom. The first kappa shape index (κ1) is 17.3. The topological polar surface area (TPSA) is 40.5 Å². The van der Waals surface area contributed by atoms with Crippen LogP contribution < -0.4 is 4.90 Å². The number of nitrogens with zero attached hydrogens (tertiary/aromatic N) is 1. The van der Waals surface area contributed by atoms with Gasteiger partial charge in [0.05, 0.1) is 17.8 Å². The van der Waals surface area contributed by atoms with E-state index in [1.54, 1.807) is 12.1 Å². The average molecular weight is 341 g/mol. The number of anilines is 1. The van der Waals surface area contributed by atoms with Crippen LogP contribution in [-0.2, 0) is 6.54 Å². The lowest BCUT2D eigenvalue weighted by Gasteiger charge is -2.24. The molecule has 1 N–H and O–H groups in total. The Hall–Kier alpha value is -3.51. The van der Waals surface area contributed by atoms with Crippen molar-refractivity contribution in [2.45, 2.75) is 6.54 Å². The van der Waals surface area contributed by atoms with Gasteiger partial charge in [0.25, 0.3) is 0 Å². The highest BCUT2D eigenvalue weighted by molar-refractivity contribution is 5.94. The van der Waals surface area contributed by atoms with Gasteiger partial charge in [0.2, 0.25) is 0 Å². The third kappa shape index (κ3) is 4.52. The Labute approximate surface area is 153 Å². The van der Waals surface area contributed by atoms with Gasteiger partial charge in [-0.15, -0.1) is 0 Å². The van der Waals surface area contributed by atoms with Crippen molar-refractivity contribution in [3.05, 3.63) is 102 Å². The Balaban J connectivity index is 1.90. The summed E-state index contributed by atoms with van der Waals surface area (Å²) in [5.74, 6) is 5.37. The van der Waals surface area contributed by atoms with E-state index < -0.39 is 5.97 Å². The molecule has 3 nitrogen and oxygen atoms in total. The van der Waals surface area contributed by atoms with Crippen molar-refractivity contribution >= 4 is 11.7 Å². The normalized spacial score (nSPS) is 9.85. The second-order valence-electron chi connectivity index (χ2n) is 5.83. The number of carbonyl (C=O) groups is 1. The fourth-order valence-electron chi connectivity index (χ4n) is 2.72. The van der Waals surface area contributed by atoms with Crippen LogP contribution in [0.2, 0.25) is 0 Å². The summed E-state index contributed by atoms with van der Waals surface area (Å²) in [6.45, 7) is 1.03. The maximum atomic E-state index is 11.6. The second-order valence-corrected chi connectivity index (χ2v) is 5.83. The zero-order chi connectivity index (χ0) is 18.2. The third-order valence-electron chi connectivity index (χ3n) is 3.97. The minimum atomic E-state index is -0.935. The molecule has 0 unspecified atom stereocenters. The summed E-state index contributed by atoms with van der Waals surface area (Å²) in [6.07, 6.45) is 0. The Kier molecular flexibility index (Phi) is 5.69. The molecule has 0 aliphatic rings. The second kappa shape index (κ2) is 8.55. The molecule has 0 aromatic heterocycles. The van der Waals surface area contributed by atoms with Crippen LogP contribution >= 0.6 is 0 Å². The molecule has 0 aliphatic carbocycles. The molecule has 0 saturated carbocycles. The van der Waals surface area contributed by atoms with Gasteiger partial charge >= 0.3 is 5.97 Å². The van der Waals surface area contributed by atoms with Gasteiger partial charge in [0, 0.05) is 12.1 Å². The van der Waals surface area contributed by atoms with E-state index in [2.05, 4.69) is 11.8 Å². The molecule has 0 radical (unpaired) electrons. The molecule has 3 aromatic rings. The van der Waals surface area contributed by atoms with Crippen molar-refractivity contribution in [2.24, 2.45) is 0 Å². The first-order valence-electron chi connectivity index (χ1n) is 8.39. The summed E-state index contributed by atoms with van der Waals surface area (Å²) in [5.41, 5.74) is 3.00. The van der Waals surface area contributed by atoms with Gasteiger partial charge in [-0.1, -0.05) is 72.5 Å². The van der Waals surface area contributed by atoms with Crippen molar-refractivity contribution in [3.8, 4) is 11.8 Å². The molecule has 26 heavy (non-hydrogen) atoms. The molecule has 0 aliphatic heterocycles. The van der Waals surface area contributed by atoms with Gasteiger partial charge in [-0.2, -0.15) is 0 Å². The number of aromatic carboxylic acids is 1. The van der Waals surface area contributed by atoms with Crippen LogP contribution in [0.4, 0.5) is 5.69 Å². The maximum absolute atomic E-state index is 11.6. The third-order valence-corrected chi connectivity index (χ3v) is 3.97. The number of carboxylic acid groups (broad SMARTS) is 1. The zero-order valence-electron chi connectivity index (χ0n) is 14.3. The minimum absolute atomic E-state index is 0.282. The van der Waals surface area contributed by atoms with Gasteiger partial charge in [0.15, 0.2) is 0 Å². The molecular formula is C23H19NO2. The fourth-order valence-corrected chi connectivity index (χ4v) is 2.72. The first-order valence-corrected chi connectivity index (χ1v) is 8.39. The van der Waals surface area contributed by atoms with Crippen molar-refractivity contribution < 1.29 is 9.90 Å². The van der Waals surface area contributed by atoms with Crippen molar-refractivity contribution in [3.63, 3.8) is 0 Å². The molecule has 0 atom stereocenters. The highest BCUT2D eigenvalue weighted by atomic mass is 16.4. The van der Waals surface area contributed by atoms with Gasteiger partial charge in [-0.25, -0.2) is 4.79 Å². The predicted molar refractivity (Wildman–Crippen MR) is 104 cm³/mol. The van der Waals surface area contributed by atoms with E-state index in [1.165, 1.54) is 0 Å². The number of benzene rings is 3. The van der Waals surface area contributed by atoms with Crippen LogP contribution in [0.25, 0.3) is 0 Å². The van der Waals surface area contributed by atoms with E-state index in [-0.39, 0.29) is 5.56 Å². The molecule has 0 saturated heterocycles. The van der Waals surface area contributed by atoms with E-state index >= 15 is 0 Å².